The van der Waals surface area contributed by atoms with Crippen molar-refractivity contribution in [2.45, 2.75) is 0 Å². The van der Waals surface area contributed by atoms with Crippen LogP contribution in [0, 0.1) is 0 Å². The summed E-state index contributed by atoms with van der Waals surface area (Å²) in [5, 5.41) is 0. The maximum absolute atomic E-state index is 9.98. The number of hydrogen-bond acceptors (Lipinski definition) is 2. The van der Waals surface area contributed by atoms with Gasteiger partial charge in [-0.05, 0) is 0 Å². The highest BCUT2D eigenvalue weighted by atomic mass is 31.4. The van der Waals surface area contributed by atoms with Gasteiger partial charge in [0.1, 0.15) is 9.91 Å². The van der Waals surface area contributed by atoms with E-state index >= 15 is 0 Å². The van der Waals surface area contributed by atoms with Gasteiger partial charge in [0.2, 0.25) is 0 Å². The lowest BCUT2D eigenvalue weighted by Gasteiger charge is -1.97. The highest BCUT2D eigenvalue weighted by molar-refractivity contribution is 7.79. The summed E-state index contributed by atoms with van der Waals surface area (Å²) in [6.07, 6.45) is 0. The molecule has 0 amide bonds. The van der Waals surface area contributed by atoms with Gasteiger partial charge in [0, 0.05) is 0 Å². The fourth-order valence-corrected chi connectivity index (χ4v) is 0. The summed E-state index contributed by atoms with van der Waals surface area (Å²) in [7, 11) is -1.56. The average molecular weight is 124 g/mol. The molecule has 0 aromatic rings. The quantitative estimate of drug-likeness (QED) is 0.325. The van der Waals surface area contributed by atoms with E-state index in [0.29, 0.717) is 0 Å². The molecule has 0 spiro atoms. The summed E-state index contributed by atoms with van der Waals surface area (Å²) < 4.78 is 14.1. The van der Waals surface area contributed by atoms with Gasteiger partial charge >= 0.3 is 0 Å². The van der Waals surface area contributed by atoms with Gasteiger partial charge in [0.25, 0.3) is 15.2 Å². The molecule has 0 rings (SSSR count). The van der Waals surface area contributed by atoms with Crippen molar-refractivity contribution < 1.29 is 13.9 Å². The molecular formula is H6BO3PSi. The van der Waals surface area contributed by atoms with Gasteiger partial charge in [-0.15, -0.1) is 0 Å². The molecule has 0 aromatic heterocycles. The summed E-state index contributed by atoms with van der Waals surface area (Å²) in [6, 6.07) is 0. The van der Waals surface area contributed by atoms with Gasteiger partial charge in [-0.25, -0.2) is 0 Å². The Kier molecular flexibility index (Phi) is 2.07. The minimum atomic E-state index is -3.01. The number of hydrogen-bond donors (Lipinski definition) is 1. The van der Waals surface area contributed by atoms with Crippen LogP contribution in [0.15, 0.2) is 0 Å². The molecule has 3 nitrogen and oxygen atoms in total. The Hall–Kier alpha value is 0.432. The smallest absolute Gasteiger partial charge is 0.269 e. The van der Waals surface area contributed by atoms with E-state index < -0.39 is 7.14 Å². The van der Waals surface area contributed by atoms with Crippen LogP contribution in [0.5, 0.6) is 0 Å². The first-order chi connectivity index (χ1) is 2.56. The van der Waals surface area contributed by atoms with Crippen molar-refractivity contribution in [3.8, 4) is 0 Å². The molecule has 0 fully saturated rings. The van der Waals surface area contributed by atoms with Gasteiger partial charge in [-0.1, -0.05) is 0 Å². The van der Waals surface area contributed by atoms with Crippen LogP contribution in [0.3, 0.4) is 0 Å². The molecule has 0 aliphatic rings. The SMILES string of the molecule is BOP(=O)(O)[SiH3]. The zero-order valence-corrected chi connectivity index (χ0v) is 6.61. The third kappa shape index (κ3) is 4.43. The van der Waals surface area contributed by atoms with Crippen LogP contribution in [-0.4, -0.2) is 22.9 Å². The molecule has 6 heavy (non-hydrogen) atoms. The van der Waals surface area contributed by atoms with Crippen molar-refractivity contribution in [1.82, 2.24) is 0 Å². The number of rotatable bonds is 1. The summed E-state index contributed by atoms with van der Waals surface area (Å²) in [5.74, 6) is 0. The molecule has 6 heteroatoms. The summed E-state index contributed by atoms with van der Waals surface area (Å²) in [4.78, 5) is 8.22. The molecule has 0 heterocycles. The largest absolute Gasteiger partial charge is 0.384 e. The summed E-state index contributed by atoms with van der Waals surface area (Å²) in [5.41, 5.74) is 0. The maximum atomic E-state index is 9.98. The maximum Gasteiger partial charge on any atom is 0.269 e. The molecule has 0 radical (unpaired) electrons. The van der Waals surface area contributed by atoms with Crippen LogP contribution in [0.2, 0.25) is 0 Å². The zero-order chi connectivity index (χ0) is 5.21. The second kappa shape index (κ2) is 1.93. The third-order valence-electron chi connectivity index (χ3n) is 0.339. The second-order valence-electron chi connectivity index (χ2n) is 0.986. The van der Waals surface area contributed by atoms with Crippen molar-refractivity contribution in [2.75, 3.05) is 0 Å². The van der Waals surface area contributed by atoms with Gasteiger partial charge in [0.15, 0.2) is 0 Å². The average Bonchev–Trinajstić information content (AvgIpc) is 1.35. The van der Waals surface area contributed by atoms with E-state index in [2.05, 4.69) is 4.44 Å². The summed E-state index contributed by atoms with van der Waals surface area (Å²) in [6.45, 7) is 0. The Morgan fingerprint density at radius 3 is 2.17 bits per heavy atom. The molecule has 1 atom stereocenters. The molecule has 0 saturated heterocycles. The minimum Gasteiger partial charge on any atom is -0.384 e. The molecule has 0 bridgehead atoms. The van der Waals surface area contributed by atoms with Crippen molar-refractivity contribution in [2.24, 2.45) is 0 Å². The van der Waals surface area contributed by atoms with Crippen LogP contribution in [0.4, 0.5) is 0 Å². The lowest BCUT2D eigenvalue weighted by molar-refractivity contribution is 0.415. The van der Waals surface area contributed by atoms with E-state index in [4.69, 9.17) is 4.89 Å². The van der Waals surface area contributed by atoms with E-state index in [9.17, 15) is 4.57 Å². The van der Waals surface area contributed by atoms with Crippen LogP contribution in [-0.2, 0) is 9.01 Å². The van der Waals surface area contributed by atoms with Crippen molar-refractivity contribution in [3.05, 3.63) is 0 Å². The Bertz CT molecular complexity index is 74.9. The Morgan fingerprint density at radius 1 is 2.00 bits per heavy atom. The molecule has 0 aliphatic carbocycles. The van der Waals surface area contributed by atoms with Crippen LogP contribution in [0.25, 0.3) is 0 Å². The predicted molar refractivity (Wildman–Crippen MR) is 29.4 cm³/mol. The monoisotopic (exact) mass is 124 g/mol. The van der Waals surface area contributed by atoms with Gasteiger partial charge in [-0.3, -0.25) is 4.57 Å². The van der Waals surface area contributed by atoms with E-state index in [0.717, 1.165) is 0 Å². The molecular weight excluding hydrogens is 118 g/mol. The predicted octanol–water partition coefficient (Wildman–Crippen LogP) is -1.98. The normalized spacial score (nSPS) is 20.2. The van der Waals surface area contributed by atoms with Gasteiger partial charge in [-0.2, -0.15) is 0 Å². The Morgan fingerprint density at radius 2 is 2.17 bits per heavy atom. The van der Waals surface area contributed by atoms with E-state index in [1.807, 2.05) is 0 Å². The van der Waals surface area contributed by atoms with E-state index in [-0.39, 0.29) is 9.91 Å². The molecule has 0 saturated carbocycles. The van der Waals surface area contributed by atoms with Gasteiger partial charge in [0.05, 0.1) is 0 Å². The minimum absolute atomic E-state index is 0.218. The fourth-order valence-electron chi connectivity index (χ4n) is 0. The zero-order valence-electron chi connectivity index (χ0n) is 3.71. The van der Waals surface area contributed by atoms with Crippen molar-refractivity contribution >= 4 is 25.1 Å². The first-order valence-corrected chi connectivity index (χ1v) is 6.13. The molecule has 1 unspecified atom stereocenters. The molecule has 1 N–H and O–H groups in total. The Labute approximate surface area is 40.0 Å². The third-order valence-corrected chi connectivity index (χ3v) is 2.11. The summed E-state index contributed by atoms with van der Waals surface area (Å²) >= 11 is 0. The first kappa shape index (κ1) is 6.43. The van der Waals surface area contributed by atoms with Crippen LogP contribution >= 0.6 is 7.14 Å². The van der Waals surface area contributed by atoms with Crippen LogP contribution in [0.1, 0.15) is 0 Å². The standard InChI is InChI=1S/BH6O3PSi/c1-4-5(2,3)6/h1H2,6H3,(H,2,3). The molecule has 0 aromatic carbocycles. The molecule has 0 aliphatic heterocycles. The van der Waals surface area contributed by atoms with E-state index in [1.165, 1.54) is 8.05 Å². The van der Waals surface area contributed by atoms with E-state index in [1.54, 1.807) is 0 Å². The lowest BCUT2D eigenvalue weighted by atomic mass is 10.6. The van der Waals surface area contributed by atoms with Crippen LogP contribution < -0.4 is 0 Å². The molecule has 36 valence electrons. The lowest BCUT2D eigenvalue weighted by Crippen LogP contribution is -1.79. The first-order valence-electron chi connectivity index (χ1n) is 1.42. The van der Waals surface area contributed by atoms with Gasteiger partial charge < -0.3 is 9.33 Å². The topological polar surface area (TPSA) is 46.5 Å². The highest BCUT2D eigenvalue weighted by Crippen LogP contribution is 2.32. The highest BCUT2D eigenvalue weighted by Gasteiger charge is 2.01. The fraction of sp³-hybridized carbons (Fsp3) is 0. The Balaban J connectivity index is 3.48. The van der Waals surface area contributed by atoms with Crippen molar-refractivity contribution in [3.63, 3.8) is 0 Å². The second-order valence-corrected chi connectivity index (χ2v) is 6.35. The van der Waals surface area contributed by atoms with Crippen molar-refractivity contribution in [1.29, 1.82) is 0 Å².